The Morgan fingerprint density at radius 1 is 0.857 bits per heavy atom. The van der Waals surface area contributed by atoms with Crippen LogP contribution in [0.3, 0.4) is 0 Å². The van der Waals surface area contributed by atoms with Crippen LogP contribution in [0.5, 0.6) is 5.75 Å². The van der Waals surface area contributed by atoms with E-state index >= 15 is 0 Å². The van der Waals surface area contributed by atoms with Crippen molar-refractivity contribution in [3.05, 3.63) is 170 Å². The molecule has 5 aromatic rings. The summed E-state index contributed by atoms with van der Waals surface area (Å²) in [6.07, 6.45) is 4.73. The summed E-state index contributed by atoms with van der Waals surface area (Å²) in [5, 5.41) is 20.6. The first-order chi connectivity index (χ1) is 30.5. The number of esters is 2. The van der Waals surface area contributed by atoms with Gasteiger partial charge >= 0.3 is 17.6 Å². The van der Waals surface area contributed by atoms with E-state index in [4.69, 9.17) is 23.4 Å². The van der Waals surface area contributed by atoms with Crippen LogP contribution in [-0.2, 0) is 36.6 Å². The summed E-state index contributed by atoms with van der Waals surface area (Å²) in [5.41, 5.74) is 5.40. The number of fused-ring (bicyclic) bond motifs is 11. The highest BCUT2D eigenvalue weighted by molar-refractivity contribution is 5.90. The average molecular weight is 853 g/mol. The first kappa shape index (κ1) is 43.8. The van der Waals surface area contributed by atoms with Gasteiger partial charge in [0, 0.05) is 54.4 Å². The maximum atomic E-state index is 14.8. The molecule has 2 bridgehead atoms. The van der Waals surface area contributed by atoms with E-state index in [1.54, 1.807) is 39.0 Å². The minimum Gasteiger partial charge on any atom is -0.483 e. The van der Waals surface area contributed by atoms with Gasteiger partial charge in [0.1, 0.15) is 16.9 Å². The summed E-state index contributed by atoms with van der Waals surface area (Å²) in [7, 11) is 1.53. The molecule has 10 nitrogen and oxygen atoms in total. The molecule has 6 atom stereocenters. The van der Waals surface area contributed by atoms with E-state index < -0.39 is 41.3 Å². The zero-order chi connectivity index (χ0) is 44.3. The molecule has 4 heterocycles. The second-order valence-corrected chi connectivity index (χ2v) is 17.8. The van der Waals surface area contributed by atoms with Crippen LogP contribution in [0.25, 0.3) is 11.0 Å². The number of rotatable bonds is 9. The largest absolute Gasteiger partial charge is 0.483 e. The van der Waals surface area contributed by atoms with E-state index in [9.17, 15) is 24.6 Å². The maximum Gasteiger partial charge on any atom is 0.339 e. The molecule has 10 heteroatoms. The lowest BCUT2D eigenvalue weighted by molar-refractivity contribution is -0.188. The van der Waals surface area contributed by atoms with Crippen LogP contribution in [0.1, 0.15) is 109 Å². The van der Waals surface area contributed by atoms with Crippen LogP contribution in [-0.4, -0.2) is 60.8 Å². The van der Waals surface area contributed by atoms with E-state index in [0.717, 1.165) is 17.5 Å². The monoisotopic (exact) mass is 852 g/mol. The van der Waals surface area contributed by atoms with E-state index in [2.05, 4.69) is 84.9 Å². The zero-order valence-electron chi connectivity index (χ0n) is 36.4. The Morgan fingerprint density at radius 2 is 1.63 bits per heavy atom. The number of hydrogen-bond acceptors (Lipinski definition) is 10. The Kier molecular flexibility index (Phi) is 13.1. The van der Waals surface area contributed by atoms with Gasteiger partial charge in [0.2, 0.25) is 0 Å². The molecule has 2 N–H and O–H groups in total. The number of allylic oxidation sites excluding steroid dienone is 2. The lowest BCUT2D eigenvalue weighted by Crippen LogP contribution is -2.52. The van der Waals surface area contributed by atoms with Gasteiger partial charge in [-0.25, -0.2) is 9.59 Å². The minimum absolute atomic E-state index is 0.0521. The van der Waals surface area contributed by atoms with Gasteiger partial charge in [-0.15, -0.1) is 0 Å². The number of methoxy groups -OCH3 is 1. The Morgan fingerprint density at radius 3 is 2.38 bits per heavy atom. The molecular formula is C53H56O10. The Bertz CT molecular complexity index is 2560. The van der Waals surface area contributed by atoms with Crippen LogP contribution >= 0.6 is 0 Å². The van der Waals surface area contributed by atoms with E-state index in [1.807, 2.05) is 6.07 Å². The third-order valence-electron chi connectivity index (χ3n) is 13.0. The SMILES string of the molecule is COCC(CCO)c1cc2ccc3c(c2oc1=O)C1OC(=O)CC2CC(c4cccc(Cc5ccccc5)c4)C=CC2c2ccc(cc2)CCC(=C(C)CO)C(=O)OC1C(C)(C)O3. The molecule has 0 radical (unpaired) electrons. The molecule has 1 aromatic heterocycles. The van der Waals surface area contributed by atoms with E-state index in [0.29, 0.717) is 47.1 Å². The summed E-state index contributed by atoms with van der Waals surface area (Å²) in [6.45, 7) is 4.93. The highest BCUT2D eigenvalue weighted by Gasteiger charge is 2.51. The normalized spacial score (nSPS) is 23.4. The zero-order valence-corrected chi connectivity index (χ0v) is 36.4. The summed E-state index contributed by atoms with van der Waals surface area (Å²) in [4.78, 5) is 42.9. The van der Waals surface area contributed by atoms with Crippen molar-refractivity contribution in [1.82, 2.24) is 0 Å². The van der Waals surface area contributed by atoms with Crippen LogP contribution in [0.15, 0.2) is 130 Å². The van der Waals surface area contributed by atoms with Crippen LogP contribution in [0, 0.1) is 5.92 Å². The molecule has 0 amide bonds. The van der Waals surface area contributed by atoms with E-state index in [1.165, 1.54) is 23.8 Å². The second-order valence-electron chi connectivity index (χ2n) is 17.8. The van der Waals surface area contributed by atoms with E-state index in [-0.39, 0.29) is 61.6 Å². The van der Waals surface area contributed by atoms with Gasteiger partial charge in [0.05, 0.1) is 18.8 Å². The first-order valence-electron chi connectivity index (χ1n) is 22.0. The van der Waals surface area contributed by atoms with Gasteiger partial charge < -0.3 is 33.6 Å². The average Bonchev–Trinajstić information content (AvgIpc) is 3.27. The van der Waals surface area contributed by atoms with Crippen molar-refractivity contribution in [1.29, 1.82) is 0 Å². The molecule has 1 aliphatic carbocycles. The molecule has 328 valence electrons. The van der Waals surface area contributed by atoms with Crippen molar-refractivity contribution in [2.24, 2.45) is 5.92 Å². The summed E-state index contributed by atoms with van der Waals surface area (Å²) < 4.78 is 31.0. The number of aryl methyl sites for hydroxylation is 1. The maximum absolute atomic E-state index is 14.8. The predicted octanol–water partition coefficient (Wildman–Crippen LogP) is 8.95. The van der Waals surface area contributed by atoms with Crippen molar-refractivity contribution in [3.63, 3.8) is 0 Å². The molecule has 3 aliphatic heterocycles. The van der Waals surface area contributed by atoms with Gasteiger partial charge in [-0.3, -0.25) is 4.79 Å². The van der Waals surface area contributed by atoms with Crippen molar-refractivity contribution >= 4 is 22.9 Å². The van der Waals surface area contributed by atoms with Gasteiger partial charge in [-0.05, 0) is 110 Å². The Balaban J connectivity index is 1.21. The number of carbonyl (C=O) groups excluding carboxylic acids is 2. The molecule has 0 fully saturated rings. The Labute approximate surface area is 368 Å². The third-order valence-corrected chi connectivity index (χ3v) is 13.0. The molecule has 63 heavy (non-hydrogen) atoms. The van der Waals surface area contributed by atoms with Gasteiger partial charge in [0.15, 0.2) is 12.2 Å². The minimum atomic E-state index is -1.24. The van der Waals surface area contributed by atoms with Crippen LogP contribution in [0.4, 0.5) is 0 Å². The quantitative estimate of drug-likeness (QED) is 0.0639. The number of benzene rings is 4. The fourth-order valence-corrected chi connectivity index (χ4v) is 9.63. The summed E-state index contributed by atoms with van der Waals surface area (Å²) in [5.74, 6) is -1.46. The molecule has 9 rings (SSSR count). The summed E-state index contributed by atoms with van der Waals surface area (Å²) in [6, 6.07) is 32.6. The molecule has 0 saturated carbocycles. The summed E-state index contributed by atoms with van der Waals surface area (Å²) >= 11 is 0. The van der Waals surface area contributed by atoms with Gasteiger partial charge in [-0.2, -0.15) is 0 Å². The van der Waals surface area contributed by atoms with Gasteiger partial charge in [0.25, 0.3) is 0 Å². The molecule has 6 unspecified atom stereocenters. The standard InChI is InChI=1S/C53H56O10/c1-32(30-55)42-20-15-33-13-16-36(17-14-33)43-21-18-38(37-12-8-11-35(26-37)25-34-9-6-5-7-10-34)27-41(43)29-46(56)60-49-47-45(63-53(2,3)50(49)62-51(42)57)22-19-39-28-44(52(58)61-48(39)47)40(23-24-54)31-59-4/h5-14,16-19,21-22,26,28,38,40-41,43,49-50,54-55H,15,20,23-25,27,29-31H2,1-4H3. The number of aliphatic hydroxyl groups is 2. The number of carbonyl (C=O) groups is 2. The fraction of sp³-hybridized carbons (Fsp3) is 0.377. The molecular weight excluding hydrogens is 797 g/mol. The van der Waals surface area contributed by atoms with Crippen molar-refractivity contribution in [3.8, 4) is 5.75 Å². The van der Waals surface area contributed by atoms with Crippen molar-refractivity contribution in [2.75, 3.05) is 26.9 Å². The molecule has 0 saturated heterocycles. The highest BCUT2D eigenvalue weighted by Crippen LogP contribution is 2.48. The second kappa shape index (κ2) is 18.9. The predicted molar refractivity (Wildman–Crippen MR) is 240 cm³/mol. The smallest absolute Gasteiger partial charge is 0.339 e. The third kappa shape index (κ3) is 9.44. The number of aliphatic hydroxyl groups excluding tert-OH is 2. The lowest BCUT2D eigenvalue weighted by atomic mass is 9.72. The molecule has 4 aliphatic rings. The fourth-order valence-electron chi connectivity index (χ4n) is 9.63. The topological polar surface area (TPSA) is 142 Å². The lowest BCUT2D eigenvalue weighted by Gasteiger charge is -2.43. The van der Waals surface area contributed by atoms with Crippen molar-refractivity contribution < 1.29 is 43.2 Å². The Hall–Kier alpha value is -5.81. The van der Waals surface area contributed by atoms with Crippen LogP contribution < -0.4 is 10.4 Å². The number of ether oxygens (including phenoxy) is 4. The molecule has 4 aromatic carbocycles. The van der Waals surface area contributed by atoms with Crippen molar-refractivity contribution in [2.45, 2.75) is 94.9 Å². The molecule has 0 spiro atoms. The first-order valence-corrected chi connectivity index (χ1v) is 22.0. The van der Waals surface area contributed by atoms with Gasteiger partial charge in [-0.1, -0.05) is 91.0 Å². The highest BCUT2D eigenvalue weighted by atomic mass is 16.6. The number of hydrogen-bond donors (Lipinski definition) is 2. The van der Waals surface area contributed by atoms with Crippen LogP contribution in [0.2, 0.25) is 0 Å².